The van der Waals surface area contributed by atoms with E-state index in [9.17, 15) is 14.9 Å². The van der Waals surface area contributed by atoms with Crippen LogP contribution >= 0.6 is 0 Å². The number of hydrogen-bond acceptors (Lipinski definition) is 6. The molecular weight excluding hydrogens is 374 g/mol. The summed E-state index contributed by atoms with van der Waals surface area (Å²) < 4.78 is 11.2. The van der Waals surface area contributed by atoms with E-state index in [0.717, 1.165) is 17.2 Å². The minimum absolute atomic E-state index is 0.0162. The lowest BCUT2D eigenvalue weighted by atomic mass is 10.1. The second-order valence-electron chi connectivity index (χ2n) is 6.43. The number of anilines is 1. The predicted molar refractivity (Wildman–Crippen MR) is 105 cm³/mol. The van der Waals surface area contributed by atoms with Gasteiger partial charge >= 0.3 is 0 Å². The van der Waals surface area contributed by atoms with Gasteiger partial charge in [0.2, 0.25) is 0 Å². The SMILES string of the molecule is Cc1cc(C)cc(OCc2ccc(C(=O)Nc3ccc([N+](=O)[O-])cc3C#N)o2)c1. The van der Waals surface area contributed by atoms with Crippen molar-refractivity contribution in [1.82, 2.24) is 0 Å². The molecule has 0 saturated carbocycles. The number of amides is 1. The number of carbonyl (C=O) groups is 1. The van der Waals surface area contributed by atoms with Gasteiger partial charge in [-0.2, -0.15) is 5.26 Å². The largest absolute Gasteiger partial charge is 0.486 e. The van der Waals surface area contributed by atoms with Crippen molar-refractivity contribution in [3.63, 3.8) is 0 Å². The van der Waals surface area contributed by atoms with E-state index in [0.29, 0.717) is 11.5 Å². The van der Waals surface area contributed by atoms with E-state index in [-0.39, 0.29) is 29.3 Å². The van der Waals surface area contributed by atoms with E-state index in [1.165, 1.54) is 18.2 Å². The number of ether oxygens (including phenoxy) is 1. The Morgan fingerprint density at radius 3 is 2.55 bits per heavy atom. The molecule has 1 amide bonds. The van der Waals surface area contributed by atoms with Crippen LogP contribution in [0.5, 0.6) is 5.75 Å². The van der Waals surface area contributed by atoms with Crippen LogP contribution in [0.4, 0.5) is 11.4 Å². The number of rotatable bonds is 6. The third-order valence-electron chi connectivity index (χ3n) is 4.04. The van der Waals surface area contributed by atoms with E-state index in [2.05, 4.69) is 5.32 Å². The average Bonchev–Trinajstić information content (AvgIpc) is 3.15. The maximum atomic E-state index is 12.4. The standard InChI is InChI=1S/C21H17N3O5/c1-13-7-14(2)9-18(8-13)28-12-17-4-6-20(29-17)21(25)23-19-5-3-16(24(26)27)10-15(19)11-22/h3-10H,12H2,1-2H3,(H,23,25). The Hall–Kier alpha value is -4.12. The molecule has 0 fully saturated rings. The van der Waals surface area contributed by atoms with Crippen LogP contribution in [0.1, 0.15) is 33.0 Å². The maximum absolute atomic E-state index is 12.4. The second-order valence-corrected chi connectivity index (χ2v) is 6.43. The van der Waals surface area contributed by atoms with Gasteiger partial charge in [0, 0.05) is 12.1 Å². The van der Waals surface area contributed by atoms with Gasteiger partial charge in [-0.1, -0.05) is 6.07 Å². The molecule has 3 aromatic rings. The Labute approximate surface area is 166 Å². The first-order valence-electron chi connectivity index (χ1n) is 8.65. The summed E-state index contributed by atoms with van der Waals surface area (Å²) in [5.74, 6) is 0.618. The summed E-state index contributed by atoms with van der Waals surface area (Å²) in [5, 5.41) is 22.5. The van der Waals surface area contributed by atoms with E-state index >= 15 is 0 Å². The van der Waals surface area contributed by atoms with Crippen LogP contribution in [0.25, 0.3) is 0 Å². The van der Waals surface area contributed by atoms with Gasteiger partial charge in [-0.15, -0.1) is 0 Å². The lowest BCUT2D eigenvalue weighted by molar-refractivity contribution is -0.384. The molecule has 0 atom stereocenters. The van der Waals surface area contributed by atoms with E-state index in [1.807, 2.05) is 38.1 Å². The van der Waals surface area contributed by atoms with Gasteiger partial charge in [0.1, 0.15) is 24.2 Å². The fraction of sp³-hybridized carbons (Fsp3) is 0.143. The summed E-state index contributed by atoms with van der Waals surface area (Å²) in [7, 11) is 0. The minimum Gasteiger partial charge on any atom is -0.486 e. The quantitative estimate of drug-likeness (QED) is 0.488. The molecular formula is C21H17N3O5. The highest BCUT2D eigenvalue weighted by molar-refractivity contribution is 6.03. The highest BCUT2D eigenvalue weighted by Gasteiger charge is 2.16. The van der Waals surface area contributed by atoms with E-state index < -0.39 is 10.8 Å². The smallest absolute Gasteiger partial charge is 0.291 e. The van der Waals surface area contributed by atoms with Crippen LogP contribution in [0.15, 0.2) is 52.9 Å². The van der Waals surface area contributed by atoms with E-state index in [1.54, 1.807) is 6.07 Å². The molecule has 3 rings (SSSR count). The fourth-order valence-electron chi connectivity index (χ4n) is 2.78. The number of non-ortho nitro benzene ring substituents is 1. The molecule has 146 valence electrons. The molecule has 0 bridgehead atoms. The number of nitrogens with zero attached hydrogens (tertiary/aromatic N) is 2. The van der Waals surface area contributed by atoms with Crippen LogP contribution < -0.4 is 10.1 Å². The van der Waals surface area contributed by atoms with Gasteiger partial charge in [-0.25, -0.2) is 0 Å². The van der Waals surface area contributed by atoms with Gasteiger partial charge in [0.25, 0.3) is 11.6 Å². The lowest BCUT2D eigenvalue weighted by Crippen LogP contribution is -2.12. The molecule has 1 heterocycles. The zero-order valence-corrected chi connectivity index (χ0v) is 15.8. The van der Waals surface area contributed by atoms with Crippen LogP contribution in [-0.4, -0.2) is 10.8 Å². The summed E-state index contributed by atoms with van der Waals surface area (Å²) in [5.41, 5.74) is 2.07. The average molecular weight is 391 g/mol. The third-order valence-corrected chi connectivity index (χ3v) is 4.04. The zero-order chi connectivity index (χ0) is 21.0. The third kappa shape index (κ3) is 4.78. The topological polar surface area (TPSA) is 118 Å². The molecule has 0 aliphatic heterocycles. The van der Waals surface area contributed by atoms with Crippen molar-refractivity contribution in [3.05, 3.63) is 86.9 Å². The number of furan rings is 1. The van der Waals surface area contributed by atoms with Crippen molar-refractivity contribution >= 4 is 17.3 Å². The number of carbonyl (C=O) groups excluding carboxylic acids is 1. The lowest BCUT2D eigenvalue weighted by Gasteiger charge is -2.07. The summed E-state index contributed by atoms with van der Waals surface area (Å²) in [6.45, 7) is 4.10. The number of nitro groups is 1. The Balaban J connectivity index is 1.68. The van der Waals surface area contributed by atoms with Crippen LogP contribution in [0, 0.1) is 35.3 Å². The molecule has 0 spiro atoms. The predicted octanol–water partition coefficient (Wildman–Crippen LogP) is 4.51. The van der Waals surface area contributed by atoms with Crippen molar-refractivity contribution in [1.29, 1.82) is 5.26 Å². The highest BCUT2D eigenvalue weighted by atomic mass is 16.6. The first-order chi connectivity index (χ1) is 13.9. The van der Waals surface area contributed by atoms with Gasteiger partial charge in [-0.05, 0) is 55.3 Å². The molecule has 1 aromatic heterocycles. The van der Waals surface area contributed by atoms with Gasteiger partial charge in [0.05, 0.1) is 16.2 Å². The van der Waals surface area contributed by atoms with E-state index in [4.69, 9.17) is 14.4 Å². The summed E-state index contributed by atoms with van der Waals surface area (Å²) in [6.07, 6.45) is 0. The number of nitrogens with one attached hydrogen (secondary N) is 1. The molecule has 0 aliphatic carbocycles. The Kier molecular flexibility index (Phi) is 5.60. The van der Waals surface area contributed by atoms with Crippen LogP contribution in [0.2, 0.25) is 0 Å². The monoisotopic (exact) mass is 391 g/mol. The molecule has 29 heavy (non-hydrogen) atoms. The molecule has 8 heteroatoms. The molecule has 0 saturated heterocycles. The van der Waals surface area contributed by atoms with Crippen LogP contribution in [0.3, 0.4) is 0 Å². The molecule has 8 nitrogen and oxygen atoms in total. The first kappa shape index (κ1) is 19.6. The Morgan fingerprint density at radius 1 is 1.17 bits per heavy atom. The molecule has 0 aliphatic rings. The summed E-state index contributed by atoms with van der Waals surface area (Å²) in [4.78, 5) is 22.6. The number of benzene rings is 2. The van der Waals surface area contributed by atoms with Gasteiger partial charge in [-0.3, -0.25) is 14.9 Å². The highest BCUT2D eigenvalue weighted by Crippen LogP contribution is 2.23. The number of nitriles is 1. The Bertz CT molecular complexity index is 1110. The van der Waals surface area contributed by atoms with Crippen molar-refractivity contribution in [2.75, 3.05) is 5.32 Å². The van der Waals surface area contributed by atoms with Crippen LogP contribution in [-0.2, 0) is 6.61 Å². The molecule has 0 unspecified atom stereocenters. The molecule has 1 N–H and O–H groups in total. The molecule has 0 radical (unpaired) electrons. The zero-order valence-electron chi connectivity index (χ0n) is 15.8. The van der Waals surface area contributed by atoms with Gasteiger partial charge in [0.15, 0.2) is 5.76 Å². The van der Waals surface area contributed by atoms with Crippen molar-refractivity contribution in [3.8, 4) is 11.8 Å². The maximum Gasteiger partial charge on any atom is 0.291 e. The van der Waals surface area contributed by atoms with Crippen molar-refractivity contribution < 1.29 is 18.9 Å². The minimum atomic E-state index is -0.610. The van der Waals surface area contributed by atoms with Crippen molar-refractivity contribution in [2.45, 2.75) is 20.5 Å². The number of aryl methyl sites for hydroxylation is 2. The van der Waals surface area contributed by atoms with Crippen molar-refractivity contribution in [2.24, 2.45) is 0 Å². The first-order valence-corrected chi connectivity index (χ1v) is 8.65. The number of hydrogen-bond donors (Lipinski definition) is 1. The molecule has 2 aromatic carbocycles. The van der Waals surface area contributed by atoms with Gasteiger partial charge < -0.3 is 14.5 Å². The number of nitro benzene ring substituents is 1. The fourth-order valence-corrected chi connectivity index (χ4v) is 2.78. The summed E-state index contributed by atoms with van der Waals surface area (Å²) >= 11 is 0. The summed E-state index contributed by atoms with van der Waals surface area (Å²) in [6, 6.07) is 14.4. The second kappa shape index (κ2) is 8.27. The normalized spacial score (nSPS) is 10.2. The Morgan fingerprint density at radius 2 is 1.90 bits per heavy atom.